The molecule has 4 rings (SSSR count). The molecule has 0 aliphatic heterocycles. The van der Waals surface area contributed by atoms with Crippen molar-refractivity contribution in [3.63, 3.8) is 0 Å². The van der Waals surface area contributed by atoms with Crippen LogP contribution in [0.2, 0.25) is 0 Å². The summed E-state index contributed by atoms with van der Waals surface area (Å²) >= 11 is 0. The molecule has 0 heterocycles. The Kier molecular flexibility index (Phi) is 4.76. The van der Waals surface area contributed by atoms with E-state index in [2.05, 4.69) is 73.8 Å². The molecule has 1 N–H and O–H groups in total. The number of hydrogen-bond donors (Lipinski definition) is 1. The lowest BCUT2D eigenvalue weighted by atomic mass is 9.86. The number of carbonyl (C=O) groups is 1. The molecule has 3 nitrogen and oxygen atoms in total. The maximum Gasteiger partial charge on any atom is 0.243 e. The predicted molar refractivity (Wildman–Crippen MR) is 116 cm³/mol. The van der Waals surface area contributed by atoms with E-state index in [0.29, 0.717) is 5.92 Å². The molecule has 28 heavy (non-hydrogen) atoms. The second-order valence-corrected chi connectivity index (χ2v) is 8.62. The van der Waals surface area contributed by atoms with Gasteiger partial charge >= 0.3 is 0 Å². The first-order valence-electron chi connectivity index (χ1n) is 9.84. The van der Waals surface area contributed by atoms with Crippen molar-refractivity contribution in [2.24, 2.45) is 11.0 Å². The lowest BCUT2D eigenvalue weighted by molar-refractivity contribution is -0.122. The number of benzene rings is 3. The molecule has 0 aromatic heterocycles. The van der Waals surface area contributed by atoms with Crippen molar-refractivity contribution in [2.75, 3.05) is 0 Å². The molecule has 2 atom stereocenters. The maximum absolute atomic E-state index is 12.4. The minimum Gasteiger partial charge on any atom is -0.273 e. The van der Waals surface area contributed by atoms with Gasteiger partial charge in [-0.15, -0.1) is 0 Å². The number of hydrazone groups is 1. The Hall–Kier alpha value is -2.94. The van der Waals surface area contributed by atoms with E-state index >= 15 is 0 Å². The number of rotatable bonds is 4. The van der Waals surface area contributed by atoms with Gasteiger partial charge in [-0.2, -0.15) is 5.10 Å². The van der Waals surface area contributed by atoms with E-state index in [-0.39, 0.29) is 17.2 Å². The van der Waals surface area contributed by atoms with Crippen LogP contribution in [0.25, 0.3) is 10.8 Å². The van der Waals surface area contributed by atoms with Crippen LogP contribution in [-0.4, -0.2) is 12.1 Å². The lowest BCUT2D eigenvalue weighted by Gasteiger charge is -2.19. The Morgan fingerprint density at radius 3 is 2.46 bits per heavy atom. The van der Waals surface area contributed by atoms with Gasteiger partial charge in [0.1, 0.15) is 0 Å². The molecule has 1 fully saturated rings. The van der Waals surface area contributed by atoms with E-state index in [4.69, 9.17) is 0 Å². The molecule has 142 valence electrons. The largest absolute Gasteiger partial charge is 0.273 e. The highest BCUT2D eigenvalue weighted by atomic mass is 16.2. The maximum atomic E-state index is 12.4. The van der Waals surface area contributed by atoms with Crippen molar-refractivity contribution >= 4 is 22.9 Å². The Labute approximate surface area is 166 Å². The van der Waals surface area contributed by atoms with Crippen molar-refractivity contribution in [1.82, 2.24) is 5.43 Å². The van der Waals surface area contributed by atoms with Crippen molar-refractivity contribution in [2.45, 2.75) is 38.5 Å². The molecule has 0 radical (unpaired) electrons. The molecule has 3 aromatic rings. The van der Waals surface area contributed by atoms with Crippen LogP contribution in [-0.2, 0) is 10.2 Å². The summed E-state index contributed by atoms with van der Waals surface area (Å²) in [7, 11) is 0. The summed E-state index contributed by atoms with van der Waals surface area (Å²) in [6.45, 7) is 6.63. The fraction of sp³-hybridized carbons (Fsp3) is 0.280. The number of fused-ring (bicyclic) bond motifs is 1. The highest BCUT2D eigenvalue weighted by molar-refractivity contribution is 6.00. The van der Waals surface area contributed by atoms with Gasteiger partial charge in [0.25, 0.3) is 0 Å². The van der Waals surface area contributed by atoms with E-state index in [1.54, 1.807) is 6.21 Å². The van der Waals surface area contributed by atoms with Gasteiger partial charge < -0.3 is 0 Å². The van der Waals surface area contributed by atoms with Gasteiger partial charge in [0.05, 0.1) is 6.21 Å². The van der Waals surface area contributed by atoms with Gasteiger partial charge in [-0.05, 0) is 39.7 Å². The van der Waals surface area contributed by atoms with Crippen molar-refractivity contribution in [3.05, 3.63) is 83.4 Å². The van der Waals surface area contributed by atoms with Crippen LogP contribution < -0.4 is 5.43 Å². The number of carbonyl (C=O) groups excluding carboxylic acids is 1. The Morgan fingerprint density at radius 2 is 1.71 bits per heavy atom. The Bertz CT molecular complexity index is 1020. The van der Waals surface area contributed by atoms with Crippen LogP contribution in [0.1, 0.15) is 49.8 Å². The first kappa shape index (κ1) is 18.4. The quantitative estimate of drug-likeness (QED) is 0.485. The zero-order valence-electron chi connectivity index (χ0n) is 16.6. The van der Waals surface area contributed by atoms with Crippen molar-refractivity contribution < 1.29 is 4.79 Å². The molecule has 0 bridgehead atoms. The van der Waals surface area contributed by atoms with Gasteiger partial charge in [0.15, 0.2) is 0 Å². The van der Waals surface area contributed by atoms with Crippen LogP contribution in [0.5, 0.6) is 0 Å². The highest BCUT2D eigenvalue weighted by Crippen LogP contribution is 2.47. The molecular formula is C25H26N2O. The van der Waals surface area contributed by atoms with Crippen LogP contribution in [0.3, 0.4) is 0 Å². The number of nitrogens with zero attached hydrogens (tertiary/aromatic N) is 1. The summed E-state index contributed by atoms with van der Waals surface area (Å²) < 4.78 is 0. The summed E-state index contributed by atoms with van der Waals surface area (Å²) in [4.78, 5) is 12.4. The fourth-order valence-electron chi connectivity index (χ4n) is 3.69. The third-order valence-corrected chi connectivity index (χ3v) is 5.53. The van der Waals surface area contributed by atoms with Crippen LogP contribution in [0.15, 0.2) is 71.8 Å². The smallest absolute Gasteiger partial charge is 0.243 e. The zero-order chi connectivity index (χ0) is 19.7. The monoisotopic (exact) mass is 370 g/mol. The fourth-order valence-corrected chi connectivity index (χ4v) is 3.69. The van der Waals surface area contributed by atoms with Gasteiger partial charge in [0.2, 0.25) is 5.91 Å². The second-order valence-electron chi connectivity index (χ2n) is 8.62. The molecule has 1 aliphatic rings. The molecular weight excluding hydrogens is 344 g/mol. The molecule has 1 aliphatic carbocycles. The number of amides is 1. The third kappa shape index (κ3) is 3.84. The normalized spacial score (nSPS) is 19.1. The van der Waals surface area contributed by atoms with E-state index in [0.717, 1.165) is 17.4 Å². The molecule has 0 spiro atoms. The standard InChI is InChI=1S/C25H26N2O/c1-25(2,3)20-13-11-18(12-14-20)22-15-23(22)24(28)27-26-16-19-9-6-8-17-7-4-5-10-21(17)19/h4-14,16,22-23H,15H2,1-3H3,(H,27,28)/t22-,23+/m1/s1. The minimum atomic E-state index is 0.00128. The van der Waals surface area contributed by atoms with E-state index in [1.165, 1.54) is 16.5 Å². The van der Waals surface area contributed by atoms with E-state index in [9.17, 15) is 4.79 Å². The first-order valence-corrected chi connectivity index (χ1v) is 9.84. The lowest BCUT2D eigenvalue weighted by Crippen LogP contribution is -2.20. The van der Waals surface area contributed by atoms with Gasteiger partial charge in [-0.1, -0.05) is 87.5 Å². The minimum absolute atomic E-state index is 0.00128. The molecule has 0 unspecified atom stereocenters. The van der Waals surface area contributed by atoms with Gasteiger partial charge in [-0.25, -0.2) is 5.43 Å². The third-order valence-electron chi connectivity index (χ3n) is 5.53. The van der Waals surface area contributed by atoms with E-state index in [1.807, 2.05) is 24.3 Å². The van der Waals surface area contributed by atoms with Crippen molar-refractivity contribution in [3.8, 4) is 0 Å². The van der Waals surface area contributed by atoms with Crippen LogP contribution >= 0.6 is 0 Å². The average molecular weight is 370 g/mol. The second kappa shape index (κ2) is 7.23. The molecule has 0 saturated heterocycles. The summed E-state index contributed by atoms with van der Waals surface area (Å²) in [6.07, 6.45) is 2.63. The van der Waals surface area contributed by atoms with Gasteiger partial charge in [-0.3, -0.25) is 4.79 Å². The van der Waals surface area contributed by atoms with Crippen molar-refractivity contribution in [1.29, 1.82) is 0 Å². The molecule has 3 heteroatoms. The van der Waals surface area contributed by atoms with E-state index < -0.39 is 0 Å². The van der Waals surface area contributed by atoms with Crippen LogP contribution in [0.4, 0.5) is 0 Å². The molecule has 1 saturated carbocycles. The summed E-state index contributed by atoms with van der Waals surface area (Å²) in [6, 6.07) is 23.0. The number of nitrogens with one attached hydrogen (secondary N) is 1. The van der Waals surface area contributed by atoms with Crippen LogP contribution in [0, 0.1) is 5.92 Å². The molecule has 3 aromatic carbocycles. The molecule has 1 amide bonds. The topological polar surface area (TPSA) is 41.5 Å². The number of hydrogen-bond acceptors (Lipinski definition) is 2. The first-order chi connectivity index (χ1) is 13.4. The average Bonchev–Trinajstić information content (AvgIpc) is 3.48. The Morgan fingerprint density at radius 1 is 1.00 bits per heavy atom. The predicted octanol–water partition coefficient (Wildman–Crippen LogP) is 5.39. The summed E-state index contributed by atoms with van der Waals surface area (Å²) in [5.74, 6) is 0.327. The Balaban J connectivity index is 1.38. The highest BCUT2D eigenvalue weighted by Gasteiger charge is 2.43. The SMILES string of the molecule is CC(C)(C)c1ccc([C@H]2C[C@@H]2C(=O)NN=Cc2cccc3ccccc23)cc1. The zero-order valence-corrected chi connectivity index (χ0v) is 16.6. The summed E-state index contributed by atoms with van der Waals surface area (Å²) in [5.41, 5.74) is 6.43. The van der Waals surface area contributed by atoms with Gasteiger partial charge in [0, 0.05) is 11.5 Å². The summed E-state index contributed by atoms with van der Waals surface area (Å²) in [5, 5.41) is 6.50.